The summed E-state index contributed by atoms with van der Waals surface area (Å²) in [6, 6.07) is 10.1. The Kier molecular flexibility index (Phi) is 5.95. The van der Waals surface area contributed by atoms with Crippen LogP contribution in [0.3, 0.4) is 0 Å². The molecule has 0 atom stereocenters. The van der Waals surface area contributed by atoms with Crippen molar-refractivity contribution < 1.29 is 4.74 Å². The molecule has 20 heavy (non-hydrogen) atoms. The second-order valence-electron chi connectivity index (χ2n) is 4.69. The maximum atomic E-state index is 5.58. The zero-order valence-corrected chi connectivity index (χ0v) is 12.7. The van der Waals surface area contributed by atoms with E-state index in [2.05, 4.69) is 17.1 Å². The summed E-state index contributed by atoms with van der Waals surface area (Å²) in [5.41, 5.74) is 1.08. The van der Waals surface area contributed by atoms with Crippen molar-refractivity contribution in [2.24, 2.45) is 0 Å². The van der Waals surface area contributed by atoms with Crippen LogP contribution in [0.25, 0.3) is 11.4 Å². The highest BCUT2D eigenvalue weighted by Gasteiger charge is 2.07. The number of aromatic nitrogens is 3. The van der Waals surface area contributed by atoms with E-state index in [0.717, 1.165) is 44.0 Å². The molecular weight excluding hydrogens is 270 g/mol. The summed E-state index contributed by atoms with van der Waals surface area (Å²) >= 11 is 5.30. The second kappa shape index (κ2) is 7.97. The number of nitrogens with zero attached hydrogens (tertiary/aromatic N) is 2. The number of benzene rings is 1. The number of nitrogens with one attached hydrogen (secondary N) is 1. The smallest absolute Gasteiger partial charge is 0.195 e. The van der Waals surface area contributed by atoms with E-state index >= 15 is 0 Å². The number of ether oxygens (including phenoxy) is 1. The molecule has 0 radical (unpaired) electrons. The van der Waals surface area contributed by atoms with Crippen molar-refractivity contribution in [3.05, 3.63) is 35.1 Å². The summed E-state index contributed by atoms with van der Waals surface area (Å²) in [7, 11) is 0. The lowest BCUT2D eigenvalue weighted by Gasteiger charge is -2.07. The molecule has 0 saturated carbocycles. The SMILES string of the molecule is CCCCOCCCn1c(-c2ccccc2)n[nH]c1=S. The predicted octanol–water partition coefficient (Wildman–Crippen LogP) is 3.81. The Labute approximate surface area is 124 Å². The first-order valence-electron chi connectivity index (χ1n) is 7.11. The van der Waals surface area contributed by atoms with E-state index in [9.17, 15) is 0 Å². The van der Waals surface area contributed by atoms with Crippen molar-refractivity contribution in [3.8, 4) is 11.4 Å². The Morgan fingerprint density at radius 1 is 1.20 bits per heavy atom. The van der Waals surface area contributed by atoms with Gasteiger partial charge in [0.1, 0.15) is 0 Å². The molecule has 0 aliphatic heterocycles. The van der Waals surface area contributed by atoms with Crippen LogP contribution >= 0.6 is 12.2 Å². The van der Waals surface area contributed by atoms with Crippen LogP contribution in [0.5, 0.6) is 0 Å². The molecule has 4 nitrogen and oxygen atoms in total. The van der Waals surface area contributed by atoms with Crippen molar-refractivity contribution in [1.82, 2.24) is 14.8 Å². The Morgan fingerprint density at radius 2 is 1.95 bits per heavy atom. The number of hydrogen-bond acceptors (Lipinski definition) is 3. The van der Waals surface area contributed by atoms with Gasteiger partial charge < -0.3 is 9.30 Å². The molecule has 0 spiro atoms. The summed E-state index contributed by atoms with van der Waals surface area (Å²) in [4.78, 5) is 0. The van der Waals surface area contributed by atoms with E-state index < -0.39 is 0 Å². The maximum absolute atomic E-state index is 5.58. The second-order valence-corrected chi connectivity index (χ2v) is 5.08. The van der Waals surface area contributed by atoms with E-state index in [4.69, 9.17) is 17.0 Å². The molecule has 0 aliphatic carbocycles. The van der Waals surface area contributed by atoms with Crippen LogP contribution in [0, 0.1) is 4.77 Å². The number of rotatable bonds is 8. The van der Waals surface area contributed by atoms with Crippen molar-refractivity contribution in [2.45, 2.75) is 32.7 Å². The molecule has 2 rings (SSSR count). The summed E-state index contributed by atoms with van der Waals surface area (Å²) in [5.74, 6) is 0.893. The van der Waals surface area contributed by atoms with Gasteiger partial charge in [-0.1, -0.05) is 43.7 Å². The predicted molar refractivity (Wildman–Crippen MR) is 83.2 cm³/mol. The molecule has 0 saturated heterocycles. The van der Waals surface area contributed by atoms with Gasteiger partial charge in [0, 0.05) is 25.3 Å². The summed E-state index contributed by atoms with van der Waals surface area (Å²) in [6.07, 6.45) is 3.24. The third kappa shape index (κ3) is 4.02. The van der Waals surface area contributed by atoms with Crippen LogP contribution < -0.4 is 0 Å². The van der Waals surface area contributed by atoms with Gasteiger partial charge in [-0.15, -0.1) is 0 Å². The summed E-state index contributed by atoms with van der Waals surface area (Å²) in [5, 5.41) is 7.19. The molecule has 108 valence electrons. The van der Waals surface area contributed by atoms with Crippen molar-refractivity contribution in [3.63, 3.8) is 0 Å². The molecule has 0 fully saturated rings. The largest absolute Gasteiger partial charge is 0.381 e. The molecule has 0 aliphatic rings. The van der Waals surface area contributed by atoms with Gasteiger partial charge in [0.25, 0.3) is 0 Å². The summed E-state index contributed by atoms with van der Waals surface area (Å²) in [6.45, 7) is 4.60. The van der Waals surface area contributed by atoms with Gasteiger partial charge >= 0.3 is 0 Å². The van der Waals surface area contributed by atoms with Gasteiger partial charge in [0.15, 0.2) is 10.6 Å². The van der Waals surface area contributed by atoms with Gasteiger partial charge in [0.05, 0.1) is 0 Å². The molecule has 0 unspecified atom stereocenters. The quantitative estimate of drug-likeness (QED) is 0.594. The molecule has 1 N–H and O–H groups in total. The third-order valence-corrected chi connectivity index (χ3v) is 3.41. The van der Waals surface area contributed by atoms with Crippen LogP contribution in [-0.4, -0.2) is 28.0 Å². The lowest BCUT2D eigenvalue weighted by Crippen LogP contribution is -2.05. The van der Waals surface area contributed by atoms with Crippen molar-refractivity contribution in [1.29, 1.82) is 0 Å². The molecular formula is C15H21N3OS. The van der Waals surface area contributed by atoms with Crippen LogP contribution in [-0.2, 0) is 11.3 Å². The molecule has 1 aromatic carbocycles. The van der Waals surface area contributed by atoms with E-state index in [0.29, 0.717) is 4.77 Å². The Hall–Kier alpha value is -1.46. The van der Waals surface area contributed by atoms with Crippen molar-refractivity contribution in [2.75, 3.05) is 13.2 Å². The van der Waals surface area contributed by atoms with E-state index in [1.807, 2.05) is 34.9 Å². The fourth-order valence-electron chi connectivity index (χ4n) is 2.01. The highest BCUT2D eigenvalue weighted by Crippen LogP contribution is 2.16. The maximum Gasteiger partial charge on any atom is 0.195 e. The zero-order valence-electron chi connectivity index (χ0n) is 11.8. The molecule has 1 aromatic heterocycles. The number of H-pyrrole nitrogens is 1. The Morgan fingerprint density at radius 3 is 2.70 bits per heavy atom. The third-order valence-electron chi connectivity index (χ3n) is 3.10. The molecule has 1 heterocycles. The minimum atomic E-state index is 0.664. The standard InChI is InChI=1S/C15H21N3OS/c1-2-3-11-19-12-7-10-18-14(16-17-15(18)20)13-8-5-4-6-9-13/h4-6,8-9H,2-3,7,10-12H2,1H3,(H,17,20). The van der Waals surface area contributed by atoms with E-state index in [-0.39, 0.29) is 0 Å². The van der Waals surface area contributed by atoms with Gasteiger partial charge in [-0.3, -0.25) is 5.10 Å². The Bertz CT molecular complexity index is 562. The zero-order chi connectivity index (χ0) is 14.2. The fourth-order valence-corrected chi connectivity index (χ4v) is 2.23. The lowest BCUT2D eigenvalue weighted by molar-refractivity contribution is 0.126. The first kappa shape index (κ1) is 14.9. The summed E-state index contributed by atoms with van der Waals surface area (Å²) < 4.78 is 8.28. The molecule has 2 aromatic rings. The topological polar surface area (TPSA) is 42.8 Å². The van der Waals surface area contributed by atoms with Gasteiger partial charge in [-0.2, -0.15) is 5.10 Å². The van der Waals surface area contributed by atoms with E-state index in [1.54, 1.807) is 0 Å². The Balaban J connectivity index is 1.95. The highest BCUT2D eigenvalue weighted by atomic mass is 32.1. The van der Waals surface area contributed by atoms with Crippen LogP contribution in [0.4, 0.5) is 0 Å². The number of hydrogen-bond donors (Lipinski definition) is 1. The molecule has 0 amide bonds. The van der Waals surface area contributed by atoms with Crippen molar-refractivity contribution >= 4 is 12.2 Å². The van der Waals surface area contributed by atoms with Gasteiger partial charge in [0.2, 0.25) is 0 Å². The highest BCUT2D eigenvalue weighted by molar-refractivity contribution is 7.71. The molecule has 5 heteroatoms. The van der Waals surface area contributed by atoms with E-state index in [1.165, 1.54) is 6.42 Å². The molecule has 0 bridgehead atoms. The van der Waals surface area contributed by atoms with Crippen LogP contribution in [0.2, 0.25) is 0 Å². The minimum Gasteiger partial charge on any atom is -0.381 e. The first-order valence-corrected chi connectivity index (χ1v) is 7.52. The monoisotopic (exact) mass is 291 g/mol. The first-order chi connectivity index (χ1) is 9.83. The fraction of sp³-hybridized carbons (Fsp3) is 0.467. The average molecular weight is 291 g/mol. The van der Waals surface area contributed by atoms with Gasteiger partial charge in [-0.25, -0.2) is 0 Å². The minimum absolute atomic E-state index is 0.664. The number of unbranched alkanes of at least 4 members (excludes halogenated alkanes) is 1. The normalized spacial score (nSPS) is 10.8. The van der Waals surface area contributed by atoms with Gasteiger partial charge in [-0.05, 0) is 25.1 Å². The van der Waals surface area contributed by atoms with Crippen LogP contribution in [0.1, 0.15) is 26.2 Å². The lowest BCUT2D eigenvalue weighted by atomic mass is 10.2. The average Bonchev–Trinajstić information content (AvgIpc) is 2.85. The van der Waals surface area contributed by atoms with Crippen LogP contribution in [0.15, 0.2) is 30.3 Å². The number of aromatic amines is 1.